The van der Waals surface area contributed by atoms with Gasteiger partial charge >= 0.3 is 0 Å². The molecule has 76 valence electrons. The second-order valence-corrected chi connectivity index (χ2v) is 3.94. The average molecular weight is 201 g/mol. The van der Waals surface area contributed by atoms with E-state index >= 15 is 0 Å². The highest BCUT2D eigenvalue weighted by molar-refractivity contribution is 5.41. The molecule has 0 aromatic carbocycles. The molecule has 0 fully saturated rings. The van der Waals surface area contributed by atoms with Gasteiger partial charge in [-0.05, 0) is 26.3 Å². The third-order valence-electron chi connectivity index (χ3n) is 2.71. The van der Waals surface area contributed by atoms with Crippen LogP contribution in [0.15, 0.2) is 11.1 Å². The fourth-order valence-corrected chi connectivity index (χ4v) is 1.55. The van der Waals surface area contributed by atoms with Crippen LogP contribution in [0, 0.1) is 39.9 Å². The Bertz CT molecular complexity index is 414. The first kappa shape index (κ1) is 11.2. The minimum Gasteiger partial charge on any atom is -0.360 e. The summed E-state index contributed by atoms with van der Waals surface area (Å²) in [6, 6.07) is 5.71. The molecular weight excluding hydrogens is 190 g/mol. The first-order chi connectivity index (χ1) is 6.97. The van der Waals surface area contributed by atoms with Crippen LogP contribution in [0.3, 0.4) is 0 Å². The van der Waals surface area contributed by atoms with Gasteiger partial charge in [-0.3, -0.25) is 0 Å². The molecule has 0 aromatic heterocycles. The Morgan fingerprint density at radius 3 is 2.20 bits per heavy atom. The lowest BCUT2D eigenvalue weighted by atomic mass is 9.93. The minimum atomic E-state index is -0.920. The monoisotopic (exact) mass is 201 g/mol. The van der Waals surface area contributed by atoms with Crippen LogP contribution in [0.1, 0.15) is 20.8 Å². The SMILES string of the molecule is CC1=C(C#N)C(C(C#N)C#N)OC1(C)C. The maximum Gasteiger partial charge on any atom is 0.164 e. The van der Waals surface area contributed by atoms with Gasteiger partial charge in [0.1, 0.15) is 6.10 Å². The van der Waals surface area contributed by atoms with E-state index in [2.05, 4.69) is 0 Å². The fraction of sp³-hybridized carbons (Fsp3) is 0.545. The van der Waals surface area contributed by atoms with E-state index in [-0.39, 0.29) is 0 Å². The van der Waals surface area contributed by atoms with Crippen molar-refractivity contribution in [2.45, 2.75) is 32.5 Å². The van der Waals surface area contributed by atoms with Gasteiger partial charge in [0.05, 0.1) is 29.4 Å². The summed E-state index contributed by atoms with van der Waals surface area (Å²) < 4.78 is 5.57. The van der Waals surface area contributed by atoms with E-state index in [4.69, 9.17) is 20.5 Å². The Balaban J connectivity index is 3.16. The summed E-state index contributed by atoms with van der Waals surface area (Å²) in [7, 11) is 0. The van der Waals surface area contributed by atoms with E-state index in [1.807, 2.05) is 32.1 Å². The maximum atomic E-state index is 8.97. The molecule has 0 N–H and O–H groups in total. The number of nitriles is 3. The van der Waals surface area contributed by atoms with Gasteiger partial charge in [0.25, 0.3) is 0 Å². The zero-order valence-electron chi connectivity index (χ0n) is 8.90. The molecule has 0 amide bonds. The molecule has 0 aliphatic carbocycles. The van der Waals surface area contributed by atoms with Crippen LogP contribution in [0.4, 0.5) is 0 Å². The molecule has 0 spiro atoms. The molecule has 15 heavy (non-hydrogen) atoms. The average Bonchev–Trinajstić information content (AvgIpc) is 2.40. The van der Waals surface area contributed by atoms with Crippen LogP contribution in [0.2, 0.25) is 0 Å². The van der Waals surface area contributed by atoms with E-state index in [0.717, 1.165) is 5.57 Å². The van der Waals surface area contributed by atoms with Crippen molar-refractivity contribution in [1.29, 1.82) is 15.8 Å². The van der Waals surface area contributed by atoms with Crippen LogP contribution in [-0.2, 0) is 4.74 Å². The highest BCUT2D eigenvalue weighted by atomic mass is 16.5. The topological polar surface area (TPSA) is 80.6 Å². The predicted octanol–water partition coefficient (Wildman–Crippen LogP) is 1.67. The molecule has 0 saturated heterocycles. The lowest BCUT2D eigenvalue weighted by molar-refractivity contribution is -0.0137. The van der Waals surface area contributed by atoms with E-state index in [1.54, 1.807) is 6.92 Å². The quantitative estimate of drug-likeness (QED) is 0.646. The van der Waals surface area contributed by atoms with Gasteiger partial charge in [0.2, 0.25) is 0 Å². The Morgan fingerprint density at radius 2 is 1.80 bits per heavy atom. The van der Waals surface area contributed by atoms with Crippen molar-refractivity contribution in [3.05, 3.63) is 11.1 Å². The zero-order chi connectivity index (χ0) is 11.6. The summed E-state index contributed by atoms with van der Waals surface area (Å²) in [5.41, 5.74) is 0.639. The van der Waals surface area contributed by atoms with Crippen LogP contribution in [0.5, 0.6) is 0 Å². The van der Waals surface area contributed by atoms with Gasteiger partial charge in [0, 0.05) is 0 Å². The molecular formula is C11H11N3O. The molecule has 1 unspecified atom stereocenters. The number of ether oxygens (including phenoxy) is 1. The normalized spacial score (nSPS) is 23.4. The number of hydrogen-bond donors (Lipinski definition) is 0. The first-order valence-corrected chi connectivity index (χ1v) is 4.56. The van der Waals surface area contributed by atoms with Gasteiger partial charge < -0.3 is 4.74 Å². The molecule has 1 heterocycles. The molecule has 1 rings (SSSR count). The Morgan fingerprint density at radius 1 is 1.27 bits per heavy atom. The van der Waals surface area contributed by atoms with Crippen LogP contribution >= 0.6 is 0 Å². The van der Waals surface area contributed by atoms with Crippen LogP contribution < -0.4 is 0 Å². The standard InChI is InChI=1S/C11H11N3O/c1-7-9(6-14)10(8(4-12)5-13)15-11(7,2)3/h8,10H,1-3H3. The largest absolute Gasteiger partial charge is 0.360 e. The number of nitrogens with zero attached hydrogens (tertiary/aromatic N) is 3. The molecule has 0 saturated carbocycles. The highest BCUT2D eigenvalue weighted by Gasteiger charge is 2.42. The molecule has 4 nitrogen and oxygen atoms in total. The van der Waals surface area contributed by atoms with Gasteiger partial charge in [-0.15, -0.1) is 0 Å². The van der Waals surface area contributed by atoms with Gasteiger partial charge in [-0.25, -0.2) is 0 Å². The summed E-state index contributed by atoms with van der Waals surface area (Å²) in [6.45, 7) is 5.45. The molecule has 1 atom stereocenters. The van der Waals surface area contributed by atoms with Gasteiger partial charge in [-0.2, -0.15) is 15.8 Å². The van der Waals surface area contributed by atoms with Crippen molar-refractivity contribution in [2.24, 2.45) is 5.92 Å². The van der Waals surface area contributed by atoms with Crippen molar-refractivity contribution in [3.8, 4) is 18.2 Å². The number of hydrogen-bond acceptors (Lipinski definition) is 4. The van der Waals surface area contributed by atoms with Crippen LogP contribution in [-0.4, -0.2) is 11.7 Å². The van der Waals surface area contributed by atoms with E-state index in [1.165, 1.54) is 0 Å². The molecule has 0 bridgehead atoms. The second kappa shape index (κ2) is 3.73. The van der Waals surface area contributed by atoms with E-state index < -0.39 is 17.6 Å². The fourth-order valence-electron chi connectivity index (χ4n) is 1.55. The summed E-state index contributed by atoms with van der Waals surface area (Å²) in [6.07, 6.45) is -0.708. The molecule has 1 aliphatic rings. The first-order valence-electron chi connectivity index (χ1n) is 4.56. The molecule has 0 radical (unpaired) electrons. The molecule has 1 aliphatic heterocycles. The Labute approximate surface area is 89.0 Å². The summed E-state index contributed by atoms with van der Waals surface area (Å²) in [5, 5.41) is 26.5. The lowest BCUT2D eigenvalue weighted by Gasteiger charge is -2.22. The van der Waals surface area contributed by atoms with Crippen LogP contribution in [0.25, 0.3) is 0 Å². The summed E-state index contributed by atoms with van der Waals surface area (Å²) in [5.74, 6) is -0.920. The third kappa shape index (κ3) is 1.71. The van der Waals surface area contributed by atoms with Crippen molar-refractivity contribution in [2.75, 3.05) is 0 Å². The minimum absolute atomic E-state index is 0.410. The maximum absolute atomic E-state index is 8.97. The highest BCUT2D eigenvalue weighted by Crippen LogP contribution is 2.37. The van der Waals surface area contributed by atoms with Gasteiger partial charge in [0.15, 0.2) is 5.92 Å². The van der Waals surface area contributed by atoms with Crippen molar-refractivity contribution >= 4 is 0 Å². The van der Waals surface area contributed by atoms with Crippen molar-refractivity contribution in [1.82, 2.24) is 0 Å². The molecule has 0 aromatic rings. The Hall–Kier alpha value is -1.83. The third-order valence-corrected chi connectivity index (χ3v) is 2.71. The zero-order valence-corrected chi connectivity index (χ0v) is 8.90. The smallest absolute Gasteiger partial charge is 0.164 e. The van der Waals surface area contributed by atoms with E-state index in [0.29, 0.717) is 5.57 Å². The lowest BCUT2D eigenvalue weighted by Crippen LogP contribution is -2.27. The number of rotatable bonds is 1. The van der Waals surface area contributed by atoms with Gasteiger partial charge in [-0.1, -0.05) is 0 Å². The second-order valence-electron chi connectivity index (χ2n) is 3.94. The molecule has 4 heteroatoms. The Kier molecular flexibility index (Phi) is 2.80. The van der Waals surface area contributed by atoms with Crippen molar-refractivity contribution in [3.63, 3.8) is 0 Å². The summed E-state index contributed by atoms with van der Waals surface area (Å²) in [4.78, 5) is 0. The summed E-state index contributed by atoms with van der Waals surface area (Å²) >= 11 is 0. The van der Waals surface area contributed by atoms with E-state index in [9.17, 15) is 0 Å². The predicted molar refractivity (Wildman–Crippen MR) is 52.0 cm³/mol. The van der Waals surface area contributed by atoms with Crippen molar-refractivity contribution < 1.29 is 4.74 Å².